The Labute approximate surface area is 393 Å². The van der Waals surface area contributed by atoms with Crippen molar-refractivity contribution >= 4 is 11.9 Å². The number of hydrogen-bond acceptors (Lipinski definition) is 5. The van der Waals surface area contributed by atoms with E-state index < -0.39 is 12.1 Å². The summed E-state index contributed by atoms with van der Waals surface area (Å²) in [5, 5.41) is 23.3. The predicted molar refractivity (Wildman–Crippen MR) is 273 cm³/mol. The number of nitrogens with one attached hydrogen (secondary N) is 1. The van der Waals surface area contributed by atoms with E-state index in [-0.39, 0.29) is 18.5 Å². The van der Waals surface area contributed by atoms with Crippen molar-refractivity contribution in [2.75, 3.05) is 13.2 Å². The van der Waals surface area contributed by atoms with Crippen molar-refractivity contribution in [1.29, 1.82) is 0 Å². The molecule has 0 spiro atoms. The molecule has 3 N–H and O–H groups in total. The van der Waals surface area contributed by atoms with Crippen LogP contribution in [0.25, 0.3) is 0 Å². The molecular weight excluding hydrogens is 779 g/mol. The molecule has 0 aromatic carbocycles. The van der Waals surface area contributed by atoms with Crippen molar-refractivity contribution in [2.24, 2.45) is 0 Å². The molecule has 1 amide bonds. The average Bonchev–Trinajstić information content (AvgIpc) is 3.28. The van der Waals surface area contributed by atoms with Gasteiger partial charge >= 0.3 is 5.97 Å². The fourth-order valence-electron chi connectivity index (χ4n) is 8.93. The van der Waals surface area contributed by atoms with Gasteiger partial charge in [-0.1, -0.05) is 264 Å². The van der Waals surface area contributed by atoms with Gasteiger partial charge in [-0.05, 0) is 51.4 Å². The zero-order chi connectivity index (χ0) is 45.8. The van der Waals surface area contributed by atoms with Crippen LogP contribution in [0.4, 0.5) is 0 Å². The molecule has 0 rings (SSSR count). The Hall–Kier alpha value is -1.40. The zero-order valence-corrected chi connectivity index (χ0v) is 42.6. The summed E-state index contributed by atoms with van der Waals surface area (Å²) in [7, 11) is 0. The number of ether oxygens (including phenoxy) is 1. The smallest absolute Gasteiger partial charge is 0.305 e. The van der Waals surface area contributed by atoms with Gasteiger partial charge in [0.15, 0.2) is 0 Å². The van der Waals surface area contributed by atoms with Gasteiger partial charge in [-0.15, -0.1) is 0 Å². The molecule has 63 heavy (non-hydrogen) atoms. The summed E-state index contributed by atoms with van der Waals surface area (Å²) in [5.74, 6) is -0.0509. The molecule has 0 saturated carbocycles. The first kappa shape index (κ1) is 61.6. The molecule has 374 valence electrons. The third-order valence-corrected chi connectivity index (χ3v) is 13.3. The quantitative estimate of drug-likeness (QED) is 0.0321. The number of amides is 1. The molecule has 2 atom stereocenters. The second-order valence-corrected chi connectivity index (χ2v) is 19.6. The van der Waals surface area contributed by atoms with Crippen LogP contribution in [0.15, 0.2) is 12.2 Å². The minimum atomic E-state index is -0.674. The fourth-order valence-corrected chi connectivity index (χ4v) is 8.93. The summed E-state index contributed by atoms with van der Waals surface area (Å²) >= 11 is 0. The van der Waals surface area contributed by atoms with Crippen LogP contribution in [-0.4, -0.2) is 47.4 Å². The first-order valence-corrected chi connectivity index (χ1v) is 28.4. The number of aliphatic hydroxyl groups excluding tert-OH is 2. The highest BCUT2D eigenvalue weighted by Gasteiger charge is 2.20. The van der Waals surface area contributed by atoms with E-state index in [0.29, 0.717) is 25.9 Å². The second kappa shape index (κ2) is 53.2. The van der Waals surface area contributed by atoms with Crippen LogP contribution in [0.5, 0.6) is 0 Å². The van der Waals surface area contributed by atoms with E-state index in [1.54, 1.807) is 0 Å². The first-order valence-electron chi connectivity index (χ1n) is 28.4. The average molecular weight is 891 g/mol. The fraction of sp³-hybridized carbons (Fsp3) is 0.930. The van der Waals surface area contributed by atoms with Gasteiger partial charge in [0, 0.05) is 12.8 Å². The van der Waals surface area contributed by atoms with Crippen LogP contribution >= 0.6 is 0 Å². The maximum absolute atomic E-state index is 12.5. The lowest BCUT2D eigenvalue weighted by Crippen LogP contribution is -2.45. The summed E-state index contributed by atoms with van der Waals surface area (Å²) < 4.78 is 5.46. The number of unbranched alkanes of at least 4 members (excludes halogenated alkanes) is 40. The van der Waals surface area contributed by atoms with E-state index in [2.05, 4.69) is 31.3 Å². The van der Waals surface area contributed by atoms with Crippen LogP contribution in [0, 0.1) is 0 Å². The minimum Gasteiger partial charge on any atom is -0.466 e. The molecule has 0 saturated heterocycles. The van der Waals surface area contributed by atoms with Crippen molar-refractivity contribution < 1.29 is 24.5 Å². The minimum absolute atomic E-state index is 0.00153. The Balaban J connectivity index is 3.46. The third-order valence-electron chi connectivity index (χ3n) is 13.3. The molecule has 0 fully saturated rings. The maximum atomic E-state index is 12.5. The van der Waals surface area contributed by atoms with Crippen molar-refractivity contribution in [3.8, 4) is 0 Å². The van der Waals surface area contributed by atoms with Crippen LogP contribution in [0.3, 0.4) is 0 Å². The number of hydrogen-bond donors (Lipinski definition) is 3. The molecule has 6 nitrogen and oxygen atoms in total. The number of carbonyl (C=O) groups excluding carboxylic acids is 2. The van der Waals surface area contributed by atoms with Gasteiger partial charge < -0.3 is 20.3 Å². The van der Waals surface area contributed by atoms with Gasteiger partial charge in [-0.3, -0.25) is 9.59 Å². The maximum Gasteiger partial charge on any atom is 0.305 e. The molecule has 0 bridgehead atoms. The molecule has 0 radical (unpaired) electrons. The van der Waals surface area contributed by atoms with Crippen LogP contribution in [-0.2, 0) is 14.3 Å². The van der Waals surface area contributed by atoms with Crippen LogP contribution in [0.1, 0.15) is 316 Å². The first-order chi connectivity index (χ1) is 31.0. The van der Waals surface area contributed by atoms with E-state index >= 15 is 0 Å². The number of aliphatic hydroxyl groups is 2. The summed E-state index contributed by atoms with van der Waals surface area (Å²) in [6, 6.07) is -0.553. The molecule has 2 unspecified atom stereocenters. The monoisotopic (exact) mass is 890 g/mol. The lowest BCUT2D eigenvalue weighted by Gasteiger charge is -2.22. The van der Waals surface area contributed by atoms with Gasteiger partial charge in [0.1, 0.15) is 0 Å². The zero-order valence-electron chi connectivity index (χ0n) is 42.6. The molecule has 0 aliphatic carbocycles. The topological polar surface area (TPSA) is 95.9 Å². The Morgan fingerprint density at radius 1 is 0.429 bits per heavy atom. The van der Waals surface area contributed by atoms with Gasteiger partial charge in [-0.25, -0.2) is 0 Å². The lowest BCUT2D eigenvalue weighted by molar-refractivity contribution is -0.143. The standard InChI is InChI=1S/C57H111NO5/c1-3-5-7-9-11-13-15-17-18-19-20-23-26-29-33-37-41-45-49-55(60)54(53-59)58-56(61)50-46-42-38-34-30-27-24-21-22-25-28-32-36-40-44-48-52-63-57(62)51-47-43-39-35-31-16-14-12-10-8-6-4-2/h21,24,54-55,59-60H,3-20,22-23,25-53H2,1-2H3,(H,58,61)/b24-21-. The normalized spacial score (nSPS) is 12.6. The highest BCUT2D eigenvalue weighted by atomic mass is 16.5. The van der Waals surface area contributed by atoms with E-state index in [1.165, 1.54) is 218 Å². The van der Waals surface area contributed by atoms with Crippen LogP contribution < -0.4 is 5.32 Å². The molecule has 0 heterocycles. The Morgan fingerprint density at radius 2 is 0.746 bits per heavy atom. The second-order valence-electron chi connectivity index (χ2n) is 19.6. The Kier molecular flexibility index (Phi) is 52.0. The van der Waals surface area contributed by atoms with Gasteiger partial charge in [0.05, 0.1) is 25.4 Å². The van der Waals surface area contributed by atoms with E-state index in [1.807, 2.05) is 0 Å². The molecule has 0 aliphatic heterocycles. The molecule has 0 aromatic rings. The van der Waals surface area contributed by atoms with E-state index in [0.717, 1.165) is 64.2 Å². The Bertz CT molecular complexity index is 939. The number of allylic oxidation sites excluding steroid dienone is 2. The Morgan fingerprint density at radius 3 is 1.13 bits per heavy atom. The third kappa shape index (κ3) is 49.9. The lowest BCUT2D eigenvalue weighted by atomic mass is 10.0. The number of carbonyl (C=O) groups is 2. The molecule has 6 heteroatoms. The molecule has 0 aliphatic rings. The number of esters is 1. The summed E-state index contributed by atoms with van der Waals surface area (Å²) in [5.41, 5.74) is 0. The van der Waals surface area contributed by atoms with Crippen molar-refractivity contribution in [1.82, 2.24) is 5.32 Å². The predicted octanol–water partition coefficient (Wildman–Crippen LogP) is 17.3. The summed E-state index contributed by atoms with van der Waals surface area (Å²) in [6.07, 6.45) is 61.9. The SMILES string of the molecule is CCCCCCCCCCCCCCCCCCCCC(O)C(CO)NC(=O)CCCCCCC/C=C\CCCCCCCCCOC(=O)CCCCCCCCCCCCCC. The number of rotatable bonds is 53. The van der Waals surface area contributed by atoms with Crippen molar-refractivity contribution in [2.45, 2.75) is 328 Å². The van der Waals surface area contributed by atoms with Crippen LogP contribution in [0.2, 0.25) is 0 Å². The van der Waals surface area contributed by atoms with Crippen molar-refractivity contribution in [3.05, 3.63) is 12.2 Å². The molecule has 0 aromatic heterocycles. The summed E-state index contributed by atoms with van der Waals surface area (Å²) in [6.45, 7) is 4.95. The van der Waals surface area contributed by atoms with Gasteiger partial charge in [-0.2, -0.15) is 0 Å². The van der Waals surface area contributed by atoms with E-state index in [4.69, 9.17) is 4.74 Å². The molecular formula is C57H111NO5. The summed E-state index contributed by atoms with van der Waals surface area (Å²) in [4.78, 5) is 24.5. The highest BCUT2D eigenvalue weighted by Crippen LogP contribution is 2.17. The van der Waals surface area contributed by atoms with Gasteiger partial charge in [0.25, 0.3) is 0 Å². The van der Waals surface area contributed by atoms with Crippen molar-refractivity contribution in [3.63, 3.8) is 0 Å². The highest BCUT2D eigenvalue weighted by molar-refractivity contribution is 5.76. The van der Waals surface area contributed by atoms with E-state index in [9.17, 15) is 19.8 Å². The van der Waals surface area contributed by atoms with Gasteiger partial charge in [0.2, 0.25) is 5.91 Å². The largest absolute Gasteiger partial charge is 0.466 e.